The zero-order valence-electron chi connectivity index (χ0n) is 8.01. The maximum Gasteiger partial charge on any atom is 0.0729 e. The van der Waals surface area contributed by atoms with E-state index in [1.165, 1.54) is 5.56 Å². The molecule has 0 aliphatic heterocycles. The first kappa shape index (κ1) is 9.22. The summed E-state index contributed by atoms with van der Waals surface area (Å²) in [6.07, 6.45) is 8.74. The van der Waals surface area contributed by atoms with Gasteiger partial charge in [-0.2, -0.15) is 0 Å². The van der Waals surface area contributed by atoms with Gasteiger partial charge in [-0.05, 0) is 17.9 Å². The Balaban J connectivity index is 1.98. The molecule has 2 rings (SSSR count). The summed E-state index contributed by atoms with van der Waals surface area (Å²) < 4.78 is 0. The van der Waals surface area contributed by atoms with E-state index in [9.17, 15) is 5.11 Å². The Morgan fingerprint density at radius 2 is 1.93 bits per heavy atom. The lowest BCUT2D eigenvalue weighted by Crippen LogP contribution is -1.99. The predicted molar refractivity (Wildman–Crippen MR) is 58.7 cm³/mol. The zero-order chi connectivity index (χ0) is 9.80. The van der Waals surface area contributed by atoms with Crippen LogP contribution in [0.2, 0.25) is 0 Å². The molecule has 0 saturated heterocycles. The molecule has 1 aliphatic carbocycles. The van der Waals surface area contributed by atoms with Crippen molar-refractivity contribution in [3.05, 3.63) is 54.1 Å². The minimum atomic E-state index is -0.250. The third-order valence-corrected chi connectivity index (χ3v) is 2.43. The van der Waals surface area contributed by atoms with Gasteiger partial charge in [-0.3, -0.25) is 0 Å². The minimum Gasteiger partial charge on any atom is -0.389 e. The van der Waals surface area contributed by atoms with Gasteiger partial charge in [0.2, 0.25) is 0 Å². The molecule has 2 atom stereocenters. The summed E-state index contributed by atoms with van der Waals surface area (Å²) in [5, 5.41) is 9.28. The quantitative estimate of drug-likeness (QED) is 0.704. The average molecular weight is 186 g/mol. The van der Waals surface area contributed by atoms with E-state index in [2.05, 4.69) is 30.4 Å². The van der Waals surface area contributed by atoms with E-state index in [1.54, 1.807) is 0 Å². The van der Waals surface area contributed by atoms with Crippen LogP contribution in [0.5, 0.6) is 0 Å². The molecule has 0 fully saturated rings. The van der Waals surface area contributed by atoms with Crippen molar-refractivity contribution in [3.63, 3.8) is 0 Å². The van der Waals surface area contributed by atoms with Gasteiger partial charge in [0.25, 0.3) is 0 Å². The van der Waals surface area contributed by atoms with Crippen LogP contribution in [-0.2, 0) is 0 Å². The second kappa shape index (κ2) is 4.25. The summed E-state index contributed by atoms with van der Waals surface area (Å²) in [7, 11) is 0. The van der Waals surface area contributed by atoms with Gasteiger partial charge in [-0.25, -0.2) is 0 Å². The Hall–Kier alpha value is -1.34. The molecule has 0 bridgehead atoms. The van der Waals surface area contributed by atoms with E-state index >= 15 is 0 Å². The number of hydrogen-bond donors (Lipinski definition) is 1. The molecule has 1 heteroatoms. The maximum atomic E-state index is 9.28. The normalized spacial score (nSPS) is 26.1. The van der Waals surface area contributed by atoms with Crippen molar-refractivity contribution in [2.24, 2.45) is 5.92 Å². The van der Waals surface area contributed by atoms with Crippen molar-refractivity contribution >= 4 is 6.08 Å². The lowest BCUT2D eigenvalue weighted by Gasteiger charge is -2.01. The van der Waals surface area contributed by atoms with E-state index in [0.29, 0.717) is 5.92 Å². The zero-order valence-corrected chi connectivity index (χ0v) is 8.01. The van der Waals surface area contributed by atoms with E-state index in [-0.39, 0.29) is 6.10 Å². The van der Waals surface area contributed by atoms with Crippen LogP contribution in [0.4, 0.5) is 0 Å². The van der Waals surface area contributed by atoms with E-state index in [1.807, 2.05) is 24.3 Å². The largest absolute Gasteiger partial charge is 0.389 e. The highest BCUT2D eigenvalue weighted by atomic mass is 16.3. The highest BCUT2D eigenvalue weighted by Gasteiger charge is 2.12. The molecule has 72 valence electrons. The van der Waals surface area contributed by atoms with Gasteiger partial charge >= 0.3 is 0 Å². The van der Waals surface area contributed by atoms with Crippen molar-refractivity contribution in [1.82, 2.24) is 0 Å². The lowest BCUT2D eigenvalue weighted by atomic mass is 10.1. The fraction of sp³-hybridized carbons (Fsp3) is 0.231. The Bertz CT molecular complexity index is 338. The summed E-state index contributed by atoms with van der Waals surface area (Å²) in [5.41, 5.74) is 1.21. The number of hydrogen-bond acceptors (Lipinski definition) is 1. The van der Waals surface area contributed by atoms with E-state index < -0.39 is 0 Å². The van der Waals surface area contributed by atoms with Crippen molar-refractivity contribution in [2.75, 3.05) is 0 Å². The third kappa shape index (κ3) is 2.33. The molecule has 1 aromatic rings. The molecule has 0 heterocycles. The Kier molecular flexibility index (Phi) is 2.80. The van der Waals surface area contributed by atoms with Crippen molar-refractivity contribution in [2.45, 2.75) is 12.5 Å². The lowest BCUT2D eigenvalue weighted by molar-refractivity contribution is 0.216. The first-order valence-corrected chi connectivity index (χ1v) is 4.94. The SMILES string of the molecule is OC1C=CC(/C=C\c2ccccc2)C1. The van der Waals surface area contributed by atoms with Crippen molar-refractivity contribution in [1.29, 1.82) is 0 Å². The second-order valence-electron chi connectivity index (χ2n) is 3.62. The molecule has 0 amide bonds. The van der Waals surface area contributed by atoms with Crippen LogP contribution in [0.3, 0.4) is 0 Å². The molecule has 0 spiro atoms. The van der Waals surface area contributed by atoms with E-state index in [0.717, 1.165) is 6.42 Å². The maximum absolute atomic E-state index is 9.28. The molecule has 1 N–H and O–H groups in total. The van der Waals surface area contributed by atoms with Crippen LogP contribution in [0.15, 0.2) is 48.6 Å². The molecule has 0 saturated carbocycles. The van der Waals surface area contributed by atoms with Gasteiger partial charge in [0, 0.05) is 0 Å². The predicted octanol–water partition coefficient (Wildman–Crippen LogP) is 2.64. The Labute approximate surface area is 84.4 Å². The summed E-state index contributed by atoms with van der Waals surface area (Å²) in [5.74, 6) is 0.394. The number of aliphatic hydroxyl groups excluding tert-OH is 1. The van der Waals surface area contributed by atoms with Crippen LogP contribution in [0.1, 0.15) is 12.0 Å². The molecule has 1 aromatic carbocycles. The molecule has 0 aromatic heterocycles. The molecule has 1 aliphatic rings. The first-order chi connectivity index (χ1) is 6.84. The fourth-order valence-corrected chi connectivity index (χ4v) is 1.65. The van der Waals surface area contributed by atoms with Gasteiger partial charge < -0.3 is 5.11 Å². The van der Waals surface area contributed by atoms with Crippen LogP contribution < -0.4 is 0 Å². The van der Waals surface area contributed by atoms with Gasteiger partial charge in [-0.15, -0.1) is 0 Å². The Morgan fingerprint density at radius 1 is 1.14 bits per heavy atom. The Morgan fingerprint density at radius 3 is 2.57 bits per heavy atom. The van der Waals surface area contributed by atoms with Gasteiger partial charge in [0.15, 0.2) is 0 Å². The van der Waals surface area contributed by atoms with Crippen LogP contribution in [0.25, 0.3) is 6.08 Å². The van der Waals surface area contributed by atoms with Crippen molar-refractivity contribution in [3.8, 4) is 0 Å². The smallest absolute Gasteiger partial charge is 0.0729 e. The summed E-state index contributed by atoms with van der Waals surface area (Å²) in [6, 6.07) is 10.2. The standard InChI is InChI=1S/C13H14O/c14-13-9-8-12(10-13)7-6-11-4-2-1-3-5-11/h1-9,12-14H,10H2/b7-6-. The topological polar surface area (TPSA) is 20.2 Å². The van der Waals surface area contributed by atoms with Crippen molar-refractivity contribution < 1.29 is 5.11 Å². The van der Waals surface area contributed by atoms with Crippen LogP contribution >= 0.6 is 0 Å². The highest BCUT2D eigenvalue weighted by molar-refractivity contribution is 5.49. The molecule has 0 radical (unpaired) electrons. The average Bonchev–Trinajstić information content (AvgIpc) is 2.63. The van der Waals surface area contributed by atoms with Gasteiger partial charge in [0.05, 0.1) is 6.10 Å². The van der Waals surface area contributed by atoms with E-state index in [4.69, 9.17) is 0 Å². The third-order valence-electron chi connectivity index (χ3n) is 2.43. The summed E-state index contributed by atoms with van der Waals surface area (Å²) in [6.45, 7) is 0. The second-order valence-corrected chi connectivity index (χ2v) is 3.62. The van der Waals surface area contributed by atoms with Crippen LogP contribution in [0, 0.1) is 5.92 Å². The first-order valence-electron chi connectivity index (χ1n) is 4.94. The van der Waals surface area contributed by atoms with Gasteiger partial charge in [0.1, 0.15) is 0 Å². The summed E-state index contributed by atoms with van der Waals surface area (Å²) >= 11 is 0. The fourth-order valence-electron chi connectivity index (χ4n) is 1.65. The number of benzene rings is 1. The number of rotatable bonds is 2. The molecular weight excluding hydrogens is 172 g/mol. The molecule has 2 unspecified atom stereocenters. The summed E-state index contributed by atoms with van der Waals surface area (Å²) in [4.78, 5) is 0. The molecule has 14 heavy (non-hydrogen) atoms. The monoisotopic (exact) mass is 186 g/mol. The molecule has 1 nitrogen and oxygen atoms in total. The van der Waals surface area contributed by atoms with Gasteiger partial charge in [-0.1, -0.05) is 54.6 Å². The number of allylic oxidation sites excluding steroid dienone is 2. The minimum absolute atomic E-state index is 0.250. The molecular formula is C13H14O. The number of aliphatic hydroxyl groups is 1. The van der Waals surface area contributed by atoms with Crippen LogP contribution in [-0.4, -0.2) is 11.2 Å². The highest BCUT2D eigenvalue weighted by Crippen LogP contribution is 2.19.